The number of carbonyl (C=O) groups is 1. The summed E-state index contributed by atoms with van der Waals surface area (Å²) >= 11 is 0. The van der Waals surface area contributed by atoms with Gasteiger partial charge in [0.2, 0.25) is 5.91 Å². The van der Waals surface area contributed by atoms with E-state index in [0.29, 0.717) is 31.0 Å². The van der Waals surface area contributed by atoms with Crippen LogP contribution in [0.2, 0.25) is 0 Å². The Labute approximate surface area is 107 Å². The number of amides is 1. The van der Waals surface area contributed by atoms with Crippen molar-refractivity contribution in [1.29, 1.82) is 0 Å². The summed E-state index contributed by atoms with van der Waals surface area (Å²) in [5, 5.41) is 7.37. The molecule has 1 aromatic rings. The van der Waals surface area contributed by atoms with Crippen molar-refractivity contribution in [1.82, 2.24) is 15.1 Å². The third kappa shape index (κ3) is 2.27. The molecule has 5 heteroatoms. The van der Waals surface area contributed by atoms with E-state index in [1.807, 2.05) is 23.9 Å². The highest BCUT2D eigenvalue weighted by Gasteiger charge is 2.45. The van der Waals surface area contributed by atoms with E-state index in [9.17, 15) is 4.79 Å². The Kier molecular flexibility index (Phi) is 3.07. The van der Waals surface area contributed by atoms with Crippen molar-refractivity contribution in [3.8, 4) is 0 Å². The number of hydrogen-bond donors (Lipinski definition) is 1. The first-order valence-corrected chi connectivity index (χ1v) is 6.63. The van der Waals surface area contributed by atoms with Gasteiger partial charge in [0.05, 0.1) is 11.8 Å². The summed E-state index contributed by atoms with van der Waals surface area (Å²) in [6, 6.07) is 2.29. The SMILES string of the molecule is Cc1ccn(CCC(=O)N[C@H]2C[C@@H]3OCC[C@H]23)n1. The zero-order valence-corrected chi connectivity index (χ0v) is 10.6. The second kappa shape index (κ2) is 4.72. The minimum atomic E-state index is 0.124. The van der Waals surface area contributed by atoms with E-state index in [4.69, 9.17) is 4.74 Å². The second-order valence-electron chi connectivity index (χ2n) is 5.24. The minimum absolute atomic E-state index is 0.124. The predicted octanol–water partition coefficient (Wildman–Crippen LogP) is 0.875. The monoisotopic (exact) mass is 249 g/mol. The van der Waals surface area contributed by atoms with Crippen molar-refractivity contribution in [3.63, 3.8) is 0 Å². The Morgan fingerprint density at radius 3 is 3.28 bits per heavy atom. The third-order valence-electron chi connectivity index (χ3n) is 3.95. The molecule has 3 atom stereocenters. The van der Waals surface area contributed by atoms with Crippen LogP contribution >= 0.6 is 0 Å². The van der Waals surface area contributed by atoms with E-state index < -0.39 is 0 Å². The molecule has 1 N–H and O–H groups in total. The quantitative estimate of drug-likeness (QED) is 0.861. The van der Waals surface area contributed by atoms with Gasteiger partial charge in [-0.1, -0.05) is 0 Å². The molecule has 18 heavy (non-hydrogen) atoms. The molecule has 0 spiro atoms. The fourth-order valence-corrected chi connectivity index (χ4v) is 2.85. The normalized spacial score (nSPS) is 29.7. The van der Waals surface area contributed by atoms with Gasteiger partial charge in [-0.15, -0.1) is 0 Å². The average molecular weight is 249 g/mol. The maximum absolute atomic E-state index is 11.8. The van der Waals surface area contributed by atoms with Gasteiger partial charge in [-0.2, -0.15) is 5.10 Å². The van der Waals surface area contributed by atoms with Crippen LogP contribution in [0.3, 0.4) is 0 Å². The van der Waals surface area contributed by atoms with Crippen LogP contribution in [0, 0.1) is 12.8 Å². The number of carbonyl (C=O) groups excluding carboxylic acids is 1. The Hall–Kier alpha value is -1.36. The van der Waals surface area contributed by atoms with Gasteiger partial charge in [0, 0.05) is 37.7 Å². The van der Waals surface area contributed by atoms with Crippen molar-refractivity contribution in [3.05, 3.63) is 18.0 Å². The smallest absolute Gasteiger partial charge is 0.222 e. The summed E-state index contributed by atoms with van der Waals surface area (Å²) in [4.78, 5) is 11.8. The topological polar surface area (TPSA) is 56.2 Å². The molecule has 2 fully saturated rings. The molecule has 0 bridgehead atoms. The van der Waals surface area contributed by atoms with E-state index >= 15 is 0 Å². The van der Waals surface area contributed by atoms with Gasteiger partial charge >= 0.3 is 0 Å². The molecule has 1 amide bonds. The van der Waals surface area contributed by atoms with Gasteiger partial charge in [-0.05, 0) is 25.8 Å². The number of fused-ring (bicyclic) bond motifs is 1. The van der Waals surface area contributed by atoms with Crippen molar-refractivity contribution in [2.75, 3.05) is 6.61 Å². The molecule has 98 valence electrons. The number of nitrogens with zero attached hydrogens (tertiary/aromatic N) is 2. The Bertz CT molecular complexity index is 443. The lowest BCUT2D eigenvalue weighted by molar-refractivity contribution is -0.124. The Morgan fingerprint density at radius 2 is 2.56 bits per heavy atom. The van der Waals surface area contributed by atoms with Gasteiger partial charge in [-0.3, -0.25) is 9.48 Å². The predicted molar refractivity (Wildman–Crippen MR) is 66.0 cm³/mol. The fourth-order valence-electron chi connectivity index (χ4n) is 2.85. The van der Waals surface area contributed by atoms with Gasteiger partial charge in [-0.25, -0.2) is 0 Å². The molecular formula is C13H19N3O2. The van der Waals surface area contributed by atoms with Gasteiger partial charge in [0.1, 0.15) is 0 Å². The standard InChI is InChI=1S/C13H19N3O2/c1-9-2-5-16(15-9)6-3-13(17)14-11-8-12-10(11)4-7-18-12/h2,5,10-12H,3-4,6-8H2,1H3,(H,14,17)/t10-,11+,12+/m1/s1. The lowest BCUT2D eigenvalue weighted by Gasteiger charge is -2.39. The van der Waals surface area contributed by atoms with Crippen LogP contribution in [-0.2, 0) is 16.1 Å². The van der Waals surface area contributed by atoms with E-state index in [2.05, 4.69) is 10.4 Å². The molecule has 1 saturated carbocycles. The van der Waals surface area contributed by atoms with Crippen molar-refractivity contribution < 1.29 is 9.53 Å². The first-order valence-electron chi connectivity index (χ1n) is 6.63. The molecular weight excluding hydrogens is 230 g/mol. The zero-order chi connectivity index (χ0) is 12.5. The molecule has 1 aliphatic heterocycles. The Morgan fingerprint density at radius 1 is 1.67 bits per heavy atom. The average Bonchev–Trinajstić information content (AvgIpc) is 2.90. The van der Waals surface area contributed by atoms with Crippen LogP contribution in [0.5, 0.6) is 0 Å². The lowest BCUT2D eigenvalue weighted by atomic mass is 9.76. The Balaban J connectivity index is 1.42. The van der Waals surface area contributed by atoms with Crippen LogP contribution < -0.4 is 5.32 Å². The molecule has 2 heterocycles. The maximum Gasteiger partial charge on any atom is 0.222 e. The van der Waals surface area contributed by atoms with E-state index in [0.717, 1.165) is 25.1 Å². The van der Waals surface area contributed by atoms with Gasteiger partial charge in [0.25, 0.3) is 0 Å². The van der Waals surface area contributed by atoms with Gasteiger partial charge in [0.15, 0.2) is 0 Å². The molecule has 1 saturated heterocycles. The molecule has 3 rings (SSSR count). The number of aromatic nitrogens is 2. The zero-order valence-electron chi connectivity index (χ0n) is 10.6. The number of ether oxygens (including phenoxy) is 1. The highest BCUT2D eigenvalue weighted by atomic mass is 16.5. The number of rotatable bonds is 4. The molecule has 2 aliphatic rings. The van der Waals surface area contributed by atoms with Crippen molar-refractivity contribution in [2.45, 2.75) is 44.9 Å². The van der Waals surface area contributed by atoms with Crippen LogP contribution in [0.15, 0.2) is 12.3 Å². The molecule has 5 nitrogen and oxygen atoms in total. The van der Waals surface area contributed by atoms with Crippen LogP contribution in [0.25, 0.3) is 0 Å². The van der Waals surface area contributed by atoms with Gasteiger partial charge < -0.3 is 10.1 Å². The van der Waals surface area contributed by atoms with Crippen LogP contribution in [0.1, 0.15) is 25.0 Å². The highest BCUT2D eigenvalue weighted by molar-refractivity contribution is 5.76. The highest BCUT2D eigenvalue weighted by Crippen LogP contribution is 2.38. The van der Waals surface area contributed by atoms with E-state index in [1.54, 1.807) is 0 Å². The molecule has 0 aromatic carbocycles. The molecule has 1 aliphatic carbocycles. The van der Waals surface area contributed by atoms with Crippen LogP contribution in [-0.4, -0.2) is 34.4 Å². The van der Waals surface area contributed by atoms with Crippen molar-refractivity contribution in [2.24, 2.45) is 5.92 Å². The first-order chi connectivity index (χ1) is 8.72. The summed E-state index contributed by atoms with van der Waals surface area (Å²) in [6.07, 6.45) is 4.89. The summed E-state index contributed by atoms with van der Waals surface area (Å²) in [7, 11) is 0. The summed E-state index contributed by atoms with van der Waals surface area (Å²) < 4.78 is 7.35. The largest absolute Gasteiger partial charge is 0.378 e. The molecule has 0 radical (unpaired) electrons. The summed E-state index contributed by atoms with van der Waals surface area (Å²) in [5.41, 5.74) is 0.986. The van der Waals surface area contributed by atoms with Crippen LogP contribution in [0.4, 0.5) is 0 Å². The van der Waals surface area contributed by atoms with E-state index in [-0.39, 0.29) is 5.91 Å². The number of hydrogen-bond acceptors (Lipinski definition) is 3. The first kappa shape index (κ1) is 11.7. The third-order valence-corrected chi connectivity index (χ3v) is 3.95. The lowest BCUT2D eigenvalue weighted by Crippen LogP contribution is -2.53. The summed E-state index contributed by atoms with van der Waals surface area (Å²) in [6.45, 7) is 3.45. The second-order valence-corrected chi connectivity index (χ2v) is 5.24. The fraction of sp³-hybridized carbons (Fsp3) is 0.692. The van der Waals surface area contributed by atoms with Crippen molar-refractivity contribution >= 4 is 5.91 Å². The van der Waals surface area contributed by atoms with E-state index in [1.165, 1.54) is 0 Å². The molecule has 1 aromatic heterocycles. The molecule has 0 unspecified atom stereocenters. The number of nitrogens with one attached hydrogen (secondary N) is 1. The minimum Gasteiger partial charge on any atom is -0.378 e. The number of aryl methyl sites for hydroxylation is 2. The summed E-state index contributed by atoms with van der Waals surface area (Å²) in [5.74, 6) is 0.680. The maximum atomic E-state index is 11.8.